The summed E-state index contributed by atoms with van der Waals surface area (Å²) in [6.07, 6.45) is 0.886. The second-order valence-corrected chi connectivity index (χ2v) is 7.11. The molecule has 1 aromatic rings. The van der Waals surface area contributed by atoms with Gasteiger partial charge in [-0.25, -0.2) is 5.06 Å². The fourth-order valence-electron chi connectivity index (χ4n) is 1.96. The molecular weight excluding hydrogens is 317 g/mol. The molecule has 1 aromatic carbocycles. The maximum Gasteiger partial charge on any atom is 0.330 e. The van der Waals surface area contributed by atoms with Gasteiger partial charge in [0.05, 0.1) is 19.4 Å². The predicted octanol–water partition coefficient (Wildman–Crippen LogP) is 3.62. The minimum atomic E-state index is -3.08. The largest absolute Gasteiger partial charge is 0.330 e. The second-order valence-electron chi connectivity index (χ2n) is 4.92. The van der Waals surface area contributed by atoms with Gasteiger partial charge in [0.25, 0.3) is 0 Å². The van der Waals surface area contributed by atoms with E-state index in [1.807, 2.05) is 30.3 Å². The summed E-state index contributed by atoms with van der Waals surface area (Å²) in [6, 6.07) is 9.62. The molecule has 7 heteroatoms. The van der Waals surface area contributed by atoms with Gasteiger partial charge in [0.15, 0.2) is 0 Å². The lowest BCUT2D eigenvalue weighted by atomic mass is 10.2. The molecule has 23 heavy (non-hydrogen) atoms. The molecule has 0 aliphatic rings. The highest BCUT2D eigenvalue weighted by Crippen LogP contribution is 2.48. The summed E-state index contributed by atoms with van der Waals surface area (Å²) < 4.78 is 22.7. The van der Waals surface area contributed by atoms with E-state index in [1.165, 1.54) is 5.06 Å². The first-order valence-electron chi connectivity index (χ1n) is 7.82. The summed E-state index contributed by atoms with van der Waals surface area (Å²) in [5.74, 6) is -0.166. The van der Waals surface area contributed by atoms with Gasteiger partial charge in [-0.15, -0.1) is 0 Å². The van der Waals surface area contributed by atoms with E-state index in [4.69, 9.17) is 13.9 Å². The zero-order chi connectivity index (χ0) is 17.1. The Morgan fingerprint density at radius 2 is 1.74 bits per heavy atom. The van der Waals surface area contributed by atoms with E-state index in [-0.39, 0.29) is 18.5 Å². The van der Waals surface area contributed by atoms with Crippen molar-refractivity contribution in [2.24, 2.45) is 0 Å². The molecule has 0 aliphatic heterocycles. The minimum Gasteiger partial charge on any atom is -0.309 e. The number of nitrogens with zero attached hydrogens (tertiary/aromatic N) is 1. The highest BCUT2D eigenvalue weighted by atomic mass is 31.2. The van der Waals surface area contributed by atoms with Crippen LogP contribution >= 0.6 is 7.60 Å². The third-order valence-electron chi connectivity index (χ3n) is 3.09. The van der Waals surface area contributed by atoms with Crippen LogP contribution in [0.4, 0.5) is 0 Å². The molecule has 130 valence electrons. The van der Waals surface area contributed by atoms with Crippen molar-refractivity contribution in [1.29, 1.82) is 0 Å². The van der Waals surface area contributed by atoms with Crippen molar-refractivity contribution in [2.45, 2.75) is 33.3 Å². The molecule has 0 aromatic heterocycles. The standard InChI is InChI=1S/C16H26NO5P/c1-4-21-23(19,22-5-2)13-9-12-16(18)17(3)20-14-15-10-7-6-8-11-15/h6-8,10-11H,4-5,9,12-14H2,1-3H3. The fourth-order valence-corrected chi connectivity index (χ4v) is 3.62. The number of hydroxylamine groups is 2. The van der Waals surface area contributed by atoms with Crippen molar-refractivity contribution in [1.82, 2.24) is 5.06 Å². The molecule has 1 amide bonds. The Labute approximate surface area is 138 Å². The van der Waals surface area contributed by atoms with Crippen molar-refractivity contribution in [2.75, 3.05) is 26.4 Å². The molecule has 0 unspecified atom stereocenters. The van der Waals surface area contributed by atoms with E-state index in [1.54, 1.807) is 20.9 Å². The topological polar surface area (TPSA) is 65.1 Å². The van der Waals surface area contributed by atoms with E-state index in [0.717, 1.165) is 5.56 Å². The van der Waals surface area contributed by atoms with Gasteiger partial charge in [0.1, 0.15) is 6.61 Å². The van der Waals surface area contributed by atoms with E-state index in [9.17, 15) is 9.36 Å². The van der Waals surface area contributed by atoms with Gasteiger partial charge >= 0.3 is 7.60 Å². The van der Waals surface area contributed by atoms with Crippen molar-refractivity contribution >= 4 is 13.5 Å². The SMILES string of the molecule is CCOP(=O)(CCCC(=O)N(C)OCc1ccccc1)OCC. The maximum atomic E-state index is 12.3. The first-order chi connectivity index (χ1) is 11.0. The average molecular weight is 343 g/mol. The molecule has 0 fully saturated rings. The van der Waals surface area contributed by atoms with Crippen LogP contribution < -0.4 is 0 Å². The van der Waals surface area contributed by atoms with Crippen LogP contribution in [0.15, 0.2) is 30.3 Å². The van der Waals surface area contributed by atoms with E-state index >= 15 is 0 Å². The second kappa shape index (κ2) is 10.6. The van der Waals surface area contributed by atoms with Gasteiger partial charge in [0, 0.05) is 13.5 Å². The summed E-state index contributed by atoms with van der Waals surface area (Å²) in [6.45, 7) is 4.51. The molecular formula is C16H26NO5P. The summed E-state index contributed by atoms with van der Waals surface area (Å²) in [4.78, 5) is 17.4. The lowest BCUT2D eigenvalue weighted by molar-refractivity contribution is -0.182. The lowest BCUT2D eigenvalue weighted by Crippen LogP contribution is -2.26. The highest BCUT2D eigenvalue weighted by molar-refractivity contribution is 7.53. The van der Waals surface area contributed by atoms with E-state index in [0.29, 0.717) is 26.2 Å². The molecule has 1 rings (SSSR count). The van der Waals surface area contributed by atoms with E-state index in [2.05, 4.69) is 0 Å². The first-order valence-corrected chi connectivity index (χ1v) is 9.55. The molecule has 0 N–H and O–H groups in total. The van der Waals surface area contributed by atoms with Crippen molar-refractivity contribution in [3.63, 3.8) is 0 Å². The Kier molecular flexibility index (Phi) is 9.10. The Morgan fingerprint density at radius 1 is 1.13 bits per heavy atom. The highest BCUT2D eigenvalue weighted by Gasteiger charge is 2.23. The van der Waals surface area contributed by atoms with Crippen LogP contribution in [0.2, 0.25) is 0 Å². The number of benzene rings is 1. The molecule has 0 bridgehead atoms. The van der Waals surface area contributed by atoms with Gasteiger partial charge < -0.3 is 9.05 Å². The number of hydrogen-bond donors (Lipinski definition) is 0. The fraction of sp³-hybridized carbons (Fsp3) is 0.562. The van der Waals surface area contributed by atoms with Crippen LogP contribution in [-0.2, 0) is 29.9 Å². The Balaban J connectivity index is 2.33. The van der Waals surface area contributed by atoms with Gasteiger partial charge in [-0.3, -0.25) is 14.2 Å². The Hall–Kier alpha value is -1.20. The molecule has 6 nitrogen and oxygen atoms in total. The van der Waals surface area contributed by atoms with Gasteiger partial charge in [-0.2, -0.15) is 0 Å². The number of amides is 1. The van der Waals surface area contributed by atoms with Crippen LogP contribution in [0, 0.1) is 0 Å². The number of rotatable bonds is 11. The predicted molar refractivity (Wildman–Crippen MR) is 89.0 cm³/mol. The zero-order valence-electron chi connectivity index (χ0n) is 14.1. The average Bonchev–Trinajstić information content (AvgIpc) is 2.54. The summed E-state index contributed by atoms with van der Waals surface area (Å²) in [7, 11) is -1.50. The molecule has 0 saturated heterocycles. The van der Waals surface area contributed by atoms with Crippen molar-refractivity contribution < 1.29 is 23.2 Å². The third-order valence-corrected chi connectivity index (χ3v) is 5.26. The molecule has 0 heterocycles. The van der Waals surface area contributed by atoms with Gasteiger partial charge in [0.2, 0.25) is 5.91 Å². The summed E-state index contributed by atoms with van der Waals surface area (Å²) >= 11 is 0. The van der Waals surface area contributed by atoms with Crippen LogP contribution in [0.5, 0.6) is 0 Å². The Morgan fingerprint density at radius 3 is 2.30 bits per heavy atom. The molecule has 0 saturated carbocycles. The summed E-state index contributed by atoms with van der Waals surface area (Å²) in [5, 5.41) is 1.22. The van der Waals surface area contributed by atoms with Crippen molar-refractivity contribution in [3.05, 3.63) is 35.9 Å². The maximum absolute atomic E-state index is 12.3. The van der Waals surface area contributed by atoms with Crippen molar-refractivity contribution in [3.8, 4) is 0 Å². The Bertz CT molecular complexity index is 498. The zero-order valence-corrected chi connectivity index (χ0v) is 15.0. The molecule has 0 spiro atoms. The lowest BCUT2D eigenvalue weighted by Gasteiger charge is -2.19. The quantitative estimate of drug-likeness (QED) is 0.453. The van der Waals surface area contributed by atoms with Crippen LogP contribution in [-0.4, -0.2) is 37.4 Å². The van der Waals surface area contributed by atoms with Crippen LogP contribution in [0.3, 0.4) is 0 Å². The number of carbonyl (C=O) groups is 1. The molecule has 0 atom stereocenters. The van der Waals surface area contributed by atoms with E-state index < -0.39 is 7.60 Å². The van der Waals surface area contributed by atoms with Gasteiger partial charge in [-0.05, 0) is 25.8 Å². The van der Waals surface area contributed by atoms with Gasteiger partial charge in [-0.1, -0.05) is 30.3 Å². The smallest absolute Gasteiger partial charge is 0.309 e. The van der Waals surface area contributed by atoms with Crippen LogP contribution in [0.1, 0.15) is 32.3 Å². The molecule has 0 radical (unpaired) electrons. The summed E-state index contributed by atoms with van der Waals surface area (Å²) in [5.41, 5.74) is 0.990. The third kappa shape index (κ3) is 7.75. The molecule has 0 aliphatic carbocycles. The number of carbonyl (C=O) groups excluding carboxylic acids is 1. The first kappa shape index (κ1) is 19.8. The monoisotopic (exact) mass is 343 g/mol. The minimum absolute atomic E-state index is 0.166. The van der Waals surface area contributed by atoms with Crippen LogP contribution in [0.25, 0.3) is 0 Å². The normalized spacial score (nSPS) is 11.4. The number of hydrogen-bond acceptors (Lipinski definition) is 5.